The highest BCUT2D eigenvalue weighted by Gasteiger charge is 2.68. The molecule has 0 radical (unpaired) electrons. The van der Waals surface area contributed by atoms with Gasteiger partial charge in [-0.25, -0.2) is 0 Å². The number of hydrogen-bond donors (Lipinski definition) is 1. The minimum Gasteiger partial charge on any atom is -0.404 e. The van der Waals surface area contributed by atoms with Gasteiger partial charge >= 0.3 is 7.12 Å². The van der Waals surface area contributed by atoms with Crippen LogP contribution >= 0.6 is 0 Å². The maximum absolute atomic E-state index is 13.5. The van der Waals surface area contributed by atoms with Crippen molar-refractivity contribution in [1.82, 2.24) is 5.32 Å². The van der Waals surface area contributed by atoms with Gasteiger partial charge in [0.05, 0.1) is 23.2 Å². The van der Waals surface area contributed by atoms with Crippen LogP contribution in [0.25, 0.3) is 10.4 Å². The largest absolute Gasteiger partial charge is 0.481 e. The Kier molecular flexibility index (Phi) is 6.81. The highest BCUT2D eigenvalue weighted by Crippen LogP contribution is 2.65. The molecule has 1 aromatic carbocycles. The van der Waals surface area contributed by atoms with Crippen molar-refractivity contribution in [3.63, 3.8) is 0 Å². The number of nitrogens with zero attached hydrogens (tertiary/aromatic N) is 3. The molecule has 4 bridgehead atoms. The number of fused-ring (bicyclic) bond motifs is 3. The molecule has 210 valence electrons. The lowest BCUT2D eigenvalue weighted by molar-refractivity contribution is -0.199. The van der Waals surface area contributed by atoms with Crippen molar-refractivity contribution < 1.29 is 18.8 Å². The molecule has 1 aromatic rings. The summed E-state index contributed by atoms with van der Waals surface area (Å²) in [5.41, 5.74) is 10.9. The van der Waals surface area contributed by atoms with Crippen LogP contribution in [-0.4, -0.2) is 49.9 Å². The molecule has 8 rings (SSSR count). The van der Waals surface area contributed by atoms with E-state index in [0.29, 0.717) is 36.8 Å². The smallest absolute Gasteiger partial charge is 0.404 e. The third kappa shape index (κ3) is 4.41. The van der Waals surface area contributed by atoms with Gasteiger partial charge in [-0.3, -0.25) is 4.79 Å². The van der Waals surface area contributed by atoms with Gasteiger partial charge in [0.2, 0.25) is 0 Å². The van der Waals surface area contributed by atoms with Crippen molar-refractivity contribution in [3.05, 3.63) is 45.8 Å². The molecule has 7 aliphatic rings. The van der Waals surface area contributed by atoms with E-state index < -0.39 is 7.12 Å². The first-order chi connectivity index (χ1) is 18.6. The first-order valence-electron chi connectivity index (χ1n) is 15.0. The van der Waals surface area contributed by atoms with Crippen LogP contribution in [0.5, 0.6) is 0 Å². The summed E-state index contributed by atoms with van der Waals surface area (Å²) in [4.78, 5) is 16.4. The lowest BCUT2D eigenvalue weighted by atomic mass is 9.43. The second-order valence-corrected chi connectivity index (χ2v) is 13.8. The number of nitrogens with one attached hydrogen (secondary N) is 1. The maximum atomic E-state index is 13.5. The zero-order chi connectivity index (χ0) is 27.5. The summed E-state index contributed by atoms with van der Waals surface area (Å²) in [6.07, 6.45) is 10.3. The van der Waals surface area contributed by atoms with E-state index in [1.54, 1.807) is 0 Å². The topological polar surface area (TPSA) is 106 Å². The third-order valence-corrected chi connectivity index (χ3v) is 11.8. The molecular weight excluding hydrogens is 491 g/mol. The minimum absolute atomic E-state index is 0.0529. The van der Waals surface area contributed by atoms with Gasteiger partial charge < -0.3 is 19.4 Å². The molecule has 1 heterocycles. The van der Waals surface area contributed by atoms with Crippen molar-refractivity contribution in [3.8, 4) is 0 Å². The fourth-order valence-corrected chi connectivity index (χ4v) is 8.89. The zero-order valence-corrected chi connectivity index (χ0v) is 23.9. The predicted molar refractivity (Wildman–Crippen MR) is 150 cm³/mol. The Hall–Kier alpha value is -2.06. The van der Waals surface area contributed by atoms with Crippen molar-refractivity contribution in [2.75, 3.05) is 13.7 Å². The molecular formula is C30H43BN4O4. The Balaban J connectivity index is 1.15. The van der Waals surface area contributed by atoms with E-state index in [9.17, 15) is 4.79 Å². The standard InChI is InChI=1S/C30H43BN4O4/c1-27(2)22-18-23(27)28(3)24(19-22)38-31(39-28)25(6-5-17-33-35-32)34-26(36)20-7-9-21(10-8-20)29-11-14-30(37-4,15-12-29)16-13-29/h7-10,22-25H,5-6,11-19H2,1-4H3,(H,34,36)/t22-,23-,24+,25-,28-,29?,30?/m0/s1. The summed E-state index contributed by atoms with van der Waals surface area (Å²) in [7, 11) is 1.35. The fraction of sp³-hybridized carbons (Fsp3) is 0.767. The molecule has 6 aliphatic carbocycles. The van der Waals surface area contributed by atoms with E-state index in [2.05, 4.69) is 48.2 Å². The predicted octanol–water partition coefficient (Wildman–Crippen LogP) is 6.13. The van der Waals surface area contributed by atoms with E-state index in [4.69, 9.17) is 19.6 Å². The van der Waals surface area contributed by atoms with Crippen LogP contribution in [-0.2, 0) is 19.5 Å². The molecule has 1 saturated heterocycles. The summed E-state index contributed by atoms with van der Waals surface area (Å²) in [5, 5.41) is 6.92. The Labute approximate surface area is 232 Å². The second-order valence-electron chi connectivity index (χ2n) is 13.8. The molecule has 7 fully saturated rings. The molecule has 1 amide bonds. The van der Waals surface area contributed by atoms with Crippen LogP contribution in [0.2, 0.25) is 0 Å². The Morgan fingerprint density at radius 1 is 1.15 bits per heavy atom. The molecule has 1 aliphatic heterocycles. The average Bonchev–Trinajstić information content (AvgIpc) is 3.32. The van der Waals surface area contributed by atoms with Crippen molar-refractivity contribution in [1.29, 1.82) is 0 Å². The number of methoxy groups -OCH3 is 1. The van der Waals surface area contributed by atoms with Crippen molar-refractivity contribution >= 4 is 13.0 Å². The van der Waals surface area contributed by atoms with Gasteiger partial charge in [-0.05, 0) is 117 Å². The van der Waals surface area contributed by atoms with Gasteiger partial charge in [-0.15, -0.1) is 0 Å². The van der Waals surface area contributed by atoms with Gasteiger partial charge in [-0.1, -0.05) is 31.1 Å². The number of carbonyl (C=O) groups excluding carboxylic acids is 1. The molecule has 9 heteroatoms. The first-order valence-corrected chi connectivity index (χ1v) is 15.0. The highest BCUT2D eigenvalue weighted by atomic mass is 16.7. The number of ether oxygens (including phenoxy) is 1. The second kappa shape index (κ2) is 9.79. The van der Waals surface area contributed by atoms with E-state index in [0.717, 1.165) is 44.9 Å². The molecule has 8 nitrogen and oxygen atoms in total. The zero-order valence-electron chi connectivity index (χ0n) is 23.9. The lowest BCUT2D eigenvalue weighted by Gasteiger charge is -2.64. The maximum Gasteiger partial charge on any atom is 0.481 e. The van der Waals surface area contributed by atoms with Crippen molar-refractivity contribution in [2.24, 2.45) is 22.4 Å². The molecule has 5 atom stereocenters. The van der Waals surface area contributed by atoms with E-state index in [1.165, 1.54) is 12.0 Å². The molecule has 0 aromatic heterocycles. The van der Waals surface area contributed by atoms with Crippen LogP contribution in [0.3, 0.4) is 0 Å². The molecule has 1 N–H and O–H groups in total. The number of benzene rings is 1. The van der Waals surface area contributed by atoms with Crippen molar-refractivity contribution in [2.45, 2.75) is 114 Å². The van der Waals surface area contributed by atoms with Gasteiger partial charge in [0, 0.05) is 24.1 Å². The quantitative estimate of drug-likeness (QED) is 0.135. The highest BCUT2D eigenvalue weighted by molar-refractivity contribution is 6.48. The van der Waals surface area contributed by atoms with E-state index >= 15 is 0 Å². The summed E-state index contributed by atoms with van der Waals surface area (Å²) in [6.45, 7) is 7.28. The summed E-state index contributed by atoms with van der Waals surface area (Å²) < 4.78 is 19.1. The number of carbonyl (C=O) groups is 1. The van der Waals surface area contributed by atoms with Gasteiger partial charge in [-0.2, -0.15) is 0 Å². The van der Waals surface area contributed by atoms with Crippen LogP contribution in [0, 0.1) is 17.3 Å². The van der Waals surface area contributed by atoms with E-state index in [-0.39, 0.29) is 40.0 Å². The summed E-state index contributed by atoms with van der Waals surface area (Å²) in [5.74, 6) is 0.693. The molecule has 39 heavy (non-hydrogen) atoms. The fourth-order valence-electron chi connectivity index (χ4n) is 8.89. The number of hydrogen-bond acceptors (Lipinski definition) is 5. The first kappa shape index (κ1) is 27.1. The monoisotopic (exact) mass is 534 g/mol. The normalized spacial score (nSPS) is 38.4. The summed E-state index contributed by atoms with van der Waals surface area (Å²) >= 11 is 0. The number of azide groups is 1. The summed E-state index contributed by atoms with van der Waals surface area (Å²) in [6, 6.07) is 8.25. The molecule has 0 spiro atoms. The van der Waals surface area contributed by atoms with Crippen LogP contribution in [0.4, 0.5) is 0 Å². The lowest BCUT2D eigenvalue weighted by Crippen LogP contribution is -2.65. The number of rotatable bonds is 9. The van der Waals surface area contributed by atoms with Crippen LogP contribution in [0.1, 0.15) is 101 Å². The minimum atomic E-state index is -0.506. The van der Waals surface area contributed by atoms with Gasteiger partial charge in [0.25, 0.3) is 5.91 Å². The van der Waals surface area contributed by atoms with Gasteiger partial charge in [0.15, 0.2) is 0 Å². The van der Waals surface area contributed by atoms with Crippen LogP contribution in [0.15, 0.2) is 29.4 Å². The number of amides is 1. The Morgan fingerprint density at radius 3 is 2.46 bits per heavy atom. The Morgan fingerprint density at radius 2 is 1.85 bits per heavy atom. The molecule has 0 unspecified atom stereocenters. The van der Waals surface area contributed by atoms with Gasteiger partial charge in [0.1, 0.15) is 0 Å². The van der Waals surface area contributed by atoms with Crippen LogP contribution < -0.4 is 5.32 Å². The third-order valence-electron chi connectivity index (χ3n) is 11.8. The average molecular weight is 535 g/mol. The Bertz CT molecular complexity index is 1130. The van der Waals surface area contributed by atoms with E-state index in [1.807, 2.05) is 19.2 Å². The molecule has 6 saturated carbocycles. The SMILES string of the molecule is COC12CCC(c3ccc(C(=O)N[C@@H](CCCN=[N+]=[N-])B4O[C@@H]5C[C@@H]6C[C@@H](C6(C)C)[C@]5(C)O4)cc3)(CC1)CC2.